The number of hydrogen-bond donors (Lipinski definition) is 1. The van der Waals surface area contributed by atoms with Crippen LogP contribution < -0.4 is 5.73 Å². The van der Waals surface area contributed by atoms with Crippen LogP contribution in [0.4, 0.5) is 13.2 Å². The molecule has 0 saturated carbocycles. The molecule has 1 aliphatic rings. The Morgan fingerprint density at radius 3 is 2.33 bits per heavy atom. The monoisotopic (exact) mass is 244 g/mol. The van der Waals surface area contributed by atoms with Crippen molar-refractivity contribution in [2.24, 2.45) is 5.73 Å². The third kappa shape index (κ3) is 3.38. The SMILES string of the molecule is NC=C1CN(S(=O)(=O)CCC(F)(F)F)C1. The van der Waals surface area contributed by atoms with Crippen molar-refractivity contribution >= 4 is 10.0 Å². The van der Waals surface area contributed by atoms with E-state index in [-0.39, 0.29) is 13.1 Å². The quantitative estimate of drug-likeness (QED) is 0.783. The van der Waals surface area contributed by atoms with Gasteiger partial charge in [-0.05, 0) is 11.8 Å². The lowest BCUT2D eigenvalue weighted by atomic mass is 10.2. The van der Waals surface area contributed by atoms with E-state index in [1.807, 2.05) is 0 Å². The van der Waals surface area contributed by atoms with Crippen molar-refractivity contribution in [1.82, 2.24) is 4.31 Å². The molecule has 2 N–H and O–H groups in total. The van der Waals surface area contributed by atoms with Crippen LogP contribution >= 0.6 is 0 Å². The van der Waals surface area contributed by atoms with Crippen LogP contribution in [0.5, 0.6) is 0 Å². The molecule has 0 aromatic carbocycles. The third-order valence-electron chi connectivity index (χ3n) is 2.03. The summed E-state index contributed by atoms with van der Waals surface area (Å²) in [6.07, 6.45) is -4.48. The van der Waals surface area contributed by atoms with Crippen molar-refractivity contribution in [2.45, 2.75) is 12.6 Å². The van der Waals surface area contributed by atoms with Crippen molar-refractivity contribution in [3.63, 3.8) is 0 Å². The number of alkyl halides is 3. The molecule has 0 bridgehead atoms. The first-order valence-electron chi connectivity index (χ1n) is 4.19. The highest BCUT2D eigenvalue weighted by Crippen LogP contribution is 2.24. The molecular formula is C7H11F3N2O2S. The Hall–Kier alpha value is -0.760. The van der Waals surface area contributed by atoms with Gasteiger partial charge in [0.2, 0.25) is 10.0 Å². The first-order valence-corrected chi connectivity index (χ1v) is 5.80. The van der Waals surface area contributed by atoms with Gasteiger partial charge in [0.1, 0.15) is 0 Å². The van der Waals surface area contributed by atoms with Crippen LogP contribution in [0.25, 0.3) is 0 Å². The molecule has 0 aromatic rings. The van der Waals surface area contributed by atoms with E-state index in [0.29, 0.717) is 5.57 Å². The number of rotatable bonds is 3. The number of hydrogen-bond acceptors (Lipinski definition) is 3. The van der Waals surface area contributed by atoms with Gasteiger partial charge < -0.3 is 5.73 Å². The predicted octanol–water partition coefficient (Wildman–Crippen LogP) is 0.427. The Morgan fingerprint density at radius 2 is 1.93 bits per heavy atom. The molecule has 1 fully saturated rings. The van der Waals surface area contributed by atoms with Crippen LogP contribution in [0.2, 0.25) is 0 Å². The minimum Gasteiger partial charge on any atom is -0.405 e. The van der Waals surface area contributed by atoms with E-state index in [9.17, 15) is 21.6 Å². The largest absolute Gasteiger partial charge is 0.405 e. The molecule has 0 spiro atoms. The molecule has 1 rings (SSSR count). The highest BCUT2D eigenvalue weighted by atomic mass is 32.2. The summed E-state index contributed by atoms with van der Waals surface area (Å²) in [6.45, 7) is 0.216. The molecule has 1 aliphatic heterocycles. The lowest BCUT2D eigenvalue weighted by Gasteiger charge is -2.32. The normalized spacial score (nSPS) is 18.7. The standard InChI is InChI=1S/C7H11F3N2O2S/c8-7(9,10)1-2-15(13,14)12-4-6(3-11)5-12/h3H,1-2,4-5,11H2. The summed E-state index contributed by atoms with van der Waals surface area (Å²) in [6, 6.07) is 0. The van der Waals surface area contributed by atoms with Crippen molar-refractivity contribution in [3.05, 3.63) is 11.8 Å². The van der Waals surface area contributed by atoms with E-state index in [4.69, 9.17) is 5.73 Å². The molecule has 0 atom stereocenters. The molecule has 88 valence electrons. The van der Waals surface area contributed by atoms with Gasteiger partial charge in [0.05, 0.1) is 12.2 Å². The van der Waals surface area contributed by atoms with E-state index in [1.165, 1.54) is 6.20 Å². The van der Waals surface area contributed by atoms with Gasteiger partial charge in [-0.2, -0.15) is 17.5 Å². The fourth-order valence-corrected chi connectivity index (χ4v) is 2.56. The number of nitrogens with two attached hydrogens (primary N) is 1. The Kier molecular flexibility index (Phi) is 3.29. The van der Waals surface area contributed by atoms with Crippen molar-refractivity contribution in [3.8, 4) is 0 Å². The average molecular weight is 244 g/mol. The molecule has 0 aromatic heterocycles. The van der Waals surface area contributed by atoms with Gasteiger partial charge in [-0.1, -0.05) is 0 Å². The number of halogens is 3. The first kappa shape index (κ1) is 12.3. The van der Waals surface area contributed by atoms with E-state index in [0.717, 1.165) is 4.31 Å². The third-order valence-corrected chi connectivity index (χ3v) is 3.80. The van der Waals surface area contributed by atoms with Gasteiger partial charge in [0, 0.05) is 13.1 Å². The zero-order chi connectivity index (χ0) is 11.7. The summed E-state index contributed by atoms with van der Waals surface area (Å²) in [5.41, 5.74) is 5.83. The van der Waals surface area contributed by atoms with Crippen molar-refractivity contribution in [1.29, 1.82) is 0 Å². The second-order valence-electron chi connectivity index (χ2n) is 3.27. The fourth-order valence-electron chi connectivity index (χ4n) is 1.08. The maximum absolute atomic E-state index is 11.8. The van der Waals surface area contributed by atoms with Gasteiger partial charge in [0.25, 0.3) is 0 Å². The Labute approximate surface area is 85.6 Å². The van der Waals surface area contributed by atoms with Gasteiger partial charge >= 0.3 is 6.18 Å². The second-order valence-corrected chi connectivity index (χ2v) is 5.36. The maximum Gasteiger partial charge on any atom is 0.390 e. The highest BCUT2D eigenvalue weighted by Gasteiger charge is 2.35. The smallest absolute Gasteiger partial charge is 0.390 e. The summed E-state index contributed by atoms with van der Waals surface area (Å²) < 4.78 is 58.9. The van der Waals surface area contributed by atoms with Gasteiger partial charge in [0.15, 0.2) is 0 Å². The summed E-state index contributed by atoms with van der Waals surface area (Å²) in [4.78, 5) is 0. The minimum absolute atomic E-state index is 0.108. The average Bonchev–Trinajstić information content (AvgIpc) is 1.97. The number of sulfonamides is 1. The molecule has 4 nitrogen and oxygen atoms in total. The van der Waals surface area contributed by atoms with Crippen LogP contribution in [-0.2, 0) is 10.0 Å². The van der Waals surface area contributed by atoms with E-state index in [1.54, 1.807) is 0 Å². The Bertz CT molecular complexity index is 353. The summed E-state index contributed by atoms with van der Waals surface area (Å²) in [5.74, 6) is -0.894. The molecule has 15 heavy (non-hydrogen) atoms. The topological polar surface area (TPSA) is 63.4 Å². The summed E-state index contributed by atoms with van der Waals surface area (Å²) in [5, 5.41) is 0. The van der Waals surface area contributed by atoms with E-state index in [2.05, 4.69) is 0 Å². The Morgan fingerprint density at radius 1 is 1.40 bits per heavy atom. The molecule has 0 amide bonds. The lowest BCUT2D eigenvalue weighted by molar-refractivity contribution is -0.130. The fraction of sp³-hybridized carbons (Fsp3) is 0.714. The Balaban J connectivity index is 2.48. The first-order chi connectivity index (χ1) is 6.74. The zero-order valence-electron chi connectivity index (χ0n) is 7.79. The lowest BCUT2D eigenvalue weighted by Crippen LogP contribution is -2.46. The van der Waals surface area contributed by atoms with Gasteiger partial charge in [-0.3, -0.25) is 0 Å². The molecule has 1 heterocycles. The van der Waals surface area contributed by atoms with Crippen LogP contribution in [0.15, 0.2) is 11.8 Å². The summed E-state index contributed by atoms with van der Waals surface area (Å²) >= 11 is 0. The molecular weight excluding hydrogens is 233 g/mol. The van der Waals surface area contributed by atoms with Crippen LogP contribution in [0, 0.1) is 0 Å². The van der Waals surface area contributed by atoms with Gasteiger partial charge in [-0.15, -0.1) is 0 Å². The van der Waals surface area contributed by atoms with E-state index < -0.39 is 28.4 Å². The zero-order valence-corrected chi connectivity index (χ0v) is 8.61. The molecule has 0 aliphatic carbocycles. The second kappa shape index (κ2) is 4.01. The highest BCUT2D eigenvalue weighted by molar-refractivity contribution is 7.89. The maximum atomic E-state index is 11.8. The van der Waals surface area contributed by atoms with Crippen LogP contribution in [0.3, 0.4) is 0 Å². The summed E-state index contributed by atoms with van der Waals surface area (Å²) in [7, 11) is -3.78. The molecule has 8 heteroatoms. The minimum atomic E-state index is -4.44. The van der Waals surface area contributed by atoms with Crippen LogP contribution in [0.1, 0.15) is 6.42 Å². The molecule has 0 unspecified atom stereocenters. The number of nitrogens with zero attached hydrogens (tertiary/aromatic N) is 1. The molecule has 1 saturated heterocycles. The molecule has 0 radical (unpaired) electrons. The van der Waals surface area contributed by atoms with Crippen LogP contribution in [-0.4, -0.2) is 37.7 Å². The van der Waals surface area contributed by atoms with Crippen molar-refractivity contribution < 1.29 is 21.6 Å². The predicted molar refractivity (Wildman–Crippen MR) is 48.3 cm³/mol. The van der Waals surface area contributed by atoms with Crippen molar-refractivity contribution in [2.75, 3.05) is 18.8 Å². The van der Waals surface area contributed by atoms with E-state index >= 15 is 0 Å². The van der Waals surface area contributed by atoms with Gasteiger partial charge in [-0.25, -0.2) is 8.42 Å².